The lowest BCUT2D eigenvalue weighted by Crippen LogP contribution is -2.41. The monoisotopic (exact) mass is 274 g/mol. The van der Waals surface area contributed by atoms with Gasteiger partial charge in [0.05, 0.1) is 6.61 Å². The molecule has 0 aliphatic carbocycles. The van der Waals surface area contributed by atoms with Crippen molar-refractivity contribution in [2.24, 2.45) is 0 Å². The lowest BCUT2D eigenvalue weighted by molar-refractivity contribution is 0.00578. The van der Waals surface area contributed by atoms with Crippen molar-refractivity contribution < 1.29 is 14.2 Å². The smallest absolute Gasteiger partial charge is 0.281 e. The van der Waals surface area contributed by atoms with Gasteiger partial charge < -0.3 is 14.2 Å². The molecule has 108 valence electrons. The van der Waals surface area contributed by atoms with E-state index in [-0.39, 0.29) is 11.2 Å². The molecule has 0 bridgehead atoms. The number of fused-ring (bicyclic) bond motifs is 1. The van der Waals surface area contributed by atoms with Crippen molar-refractivity contribution in [1.29, 1.82) is 0 Å². The molecule has 0 atom stereocenters. The molecule has 0 radical (unpaired) electrons. The van der Waals surface area contributed by atoms with Gasteiger partial charge in [-0.2, -0.15) is 0 Å². The first-order valence-electron chi connectivity index (χ1n) is 7.23. The van der Waals surface area contributed by atoms with Crippen molar-refractivity contribution in [2.75, 3.05) is 6.61 Å². The number of rotatable bonds is 1. The molecule has 3 heteroatoms. The third-order valence-corrected chi connectivity index (χ3v) is 4.38. The van der Waals surface area contributed by atoms with E-state index in [1.54, 1.807) is 0 Å². The molecule has 2 aliphatic rings. The zero-order valence-corrected chi connectivity index (χ0v) is 12.7. The summed E-state index contributed by atoms with van der Waals surface area (Å²) in [4.78, 5) is 0. The zero-order valence-electron chi connectivity index (χ0n) is 12.7. The largest absolute Gasteiger partial charge is 0.493 e. The number of hydrogen-bond donors (Lipinski definition) is 0. The van der Waals surface area contributed by atoms with E-state index in [0.717, 1.165) is 30.8 Å². The summed E-state index contributed by atoms with van der Waals surface area (Å²) >= 11 is 0. The SMILES string of the molecule is CC1(C)OC(=Cc2ccc3c(c2)CCCO3)OC1(C)C. The lowest BCUT2D eigenvalue weighted by Gasteiger charge is -2.28. The third kappa shape index (κ3) is 2.26. The molecule has 1 saturated heterocycles. The molecule has 0 unspecified atom stereocenters. The van der Waals surface area contributed by atoms with Crippen LogP contribution in [0.2, 0.25) is 0 Å². The van der Waals surface area contributed by atoms with Gasteiger partial charge in [0, 0.05) is 6.08 Å². The van der Waals surface area contributed by atoms with Crippen LogP contribution in [-0.4, -0.2) is 17.8 Å². The molecule has 0 aromatic heterocycles. The molecule has 3 nitrogen and oxygen atoms in total. The topological polar surface area (TPSA) is 27.7 Å². The van der Waals surface area contributed by atoms with Crippen LogP contribution in [-0.2, 0) is 15.9 Å². The number of aryl methyl sites for hydroxylation is 1. The quantitative estimate of drug-likeness (QED) is 0.777. The maximum Gasteiger partial charge on any atom is 0.281 e. The highest BCUT2D eigenvalue weighted by Gasteiger charge is 2.48. The van der Waals surface area contributed by atoms with E-state index in [1.165, 1.54) is 5.56 Å². The van der Waals surface area contributed by atoms with Gasteiger partial charge in [-0.05, 0) is 63.8 Å². The zero-order chi connectivity index (χ0) is 14.4. The first-order valence-corrected chi connectivity index (χ1v) is 7.23. The Morgan fingerprint density at radius 2 is 1.75 bits per heavy atom. The van der Waals surface area contributed by atoms with E-state index in [2.05, 4.69) is 33.8 Å². The van der Waals surface area contributed by atoms with E-state index in [0.29, 0.717) is 5.95 Å². The van der Waals surface area contributed by atoms with Crippen LogP contribution in [0.4, 0.5) is 0 Å². The van der Waals surface area contributed by atoms with Crippen molar-refractivity contribution in [1.82, 2.24) is 0 Å². The van der Waals surface area contributed by atoms with Gasteiger partial charge in [0.15, 0.2) is 0 Å². The van der Waals surface area contributed by atoms with E-state index in [4.69, 9.17) is 14.2 Å². The molecule has 0 N–H and O–H groups in total. The number of benzene rings is 1. The Bertz CT molecular complexity index is 537. The highest BCUT2D eigenvalue weighted by molar-refractivity contribution is 5.55. The average Bonchev–Trinajstić information content (AvgIpc) is 2.57. The Balaban J connectivity index is 1.87. The molecule has 1 aromatic rings. The van der Waals surface area contributed by atoms with Crippen LogP contribution >= 0.6 is 0 Å². The van der Waals surface area contributed by atoms with Gasteiger partial charge in [-0.25, -0.2) is 0 Å². The summed E-state index contributed by atoms with van der Waals surface area (Å²) in [7, 11) is 0. The first-order chi connectivity index (χ1) is 9.37. The molecule has 1 aromatic carbocycles. The van der Waals surface area contributed by atoms with Gasteiger partial charge in [0.2, 0.25) is 0 Å². The summed E-state index contributed by atoms with van der Waals surface area (Å²) in [5.41, 5.74) is 1.71. The summed E-state index contributed by atoms with van der Waals surface area (Å²) in [5.74, 6) is 1.60. The van der Waals surface area contributed by atoms with E-state index in [1.807, 2.05) is 18.2 Å². The minimum absolute atomic E-state index is 0.323. The van der Waals surface area contributed by atoms with E-state index >= 15 is 0 Å². The van der Waals surface area contributed by atoms with Crippen LogP contribution < -0.4 is 4.74 Å². The Labute approximate surface area is 120 Å². The van der Waals surface area contributed by atoms with E-state index < -0.39 is 0 Å². The summed E-state index contributed by atoms with van der Waals surface area (Å²) in [6, 6.07) is 6.24. The predicted octanol–water partition coefficient (Wildman–Crippen LogP) is 3.91. The normalized spacial score (nSPS) is 22.3. The summed E-state index contributed by atoms with van der Waals surface area (Å²) in [5, 5.41) is 0. The van der Waals surface area contributed by atoms with Crippen LogP contribution in [0, 0.1) is 0 Å². The number of hydrogen-bond acceptors (Lipinski definition) is 3. The molecule has 2 heterocycles. The average molecular weight is 274 g/mol. The summed E-state index contributed by atoms with van der Waals surface area (Å²) < 4.78 is 17.5. The highest BCUT2D eigenvalue weighted by Crippen LogP contribution is 2.40. The van der Waals surface area contributed by atoms with Crippen molar-refractivity contribution >= 4 is 6.08 Å². The molecule has 1 fully saturated rings. The maximum atomic E-state index is 5.92. The van der Waals surface area contributed by atoms with Gasteiger partial charge >= 0.3 is 0 Å². The molecular formula is C17H22O3. The fraction of sp³-hybridized carbons (Fsp3) is 0.529. The second-order valence-electron chi connectivity index (χ2n) is 6.51. The van der Waals surface area contributed by atoms with Crippen molar-refractivity contribution in [2.45, 2.75) is 51.7 Å². The molecule has 0 saturated carbocycles. The number of ether oxygens (including phenoxy) is 3. The molecule has 20 heavy (non-hydrogen) atoms. The Morgan fingerprint density at radius 1 is 1.05 bits per heavy atom. The minimum Gasteiger partial charge on any atom is -0.493 e. The first kappa shape index (κ1) is 13.3. The Morgan fingerprint density at radius 3 is 2.45 bits per heavy atom. The Kier molecular flexibility index (Phi) is 2.96. The van der Waals surface area contributed by atoms with Gasteiger partial charge in [0.25, 0.3) is 5.95 Å². The van der Waals surface area contributed by atoms with Crippen LogP contribution in [0.15, 0.2) is 24.1 Å². The summed E-state index contributed by atoms with van der Waals surface area (Å²) in [6.45, 7) is 9.02. The predicted molar refractivity (Wildman–Crippen MR) is 78.6 cm³/mol. The highest BCUT2D eigenvalue weighted by atomic mass is 16.7. The van der Waals surface area contributed by atoms with Crippen LogP contribution in [0.1, 0.15) is 45.2 Å². The minimum atomic E-state index is -0.323. The molecule has 3 rings (SSSR count). The van der Waals surface area contributed by atoms with Crippen molar-refractivity contribution in [3.8, 4) is 5.75 Å². The fourth-order valence-corrected chi connectivity index (χ4v) is 2.43. The van der Waals surface area contributed by atoms with Crippen LogP contribution in [0.25, 0.3) is 6.08 Å². The van der Waals surface area contributed by atoms with Crippen molar-refractivity contribution in [3.63, 3.8) is 0 Å². The fourth-order valence-electron chi connectivity index (χ4n) is 2.43. The third-order valence-electron chi connectivity index (χ3n) is 4.38. The molecular weight excluding hydrogens is 252 g/mol. The van der Waals surface area contributed by atoms with Crippen molar-refractivity contribution in [3.05, 3.63) is 35.3 Å². The van der Waals surface area contributed by atoms with E-state index in [9.17, 15) is 0 Å². The second kappa shape index (κ2) is 4.44. The van der Waals surface area contributed by atoms with Gasteiger partial charge in [0.1, 0.15) is 17.0 Å². The summed E-state index contributed by atoms with van der Waals surface area (Å²) in [6.07, 6.45) is 4.12. The van der Waals surface area contributed by atoms with Gasteiger partial charge in [-0.3, -0.25) is 0 Å². The Hall–Kier alpha value is -1.64. The van der Waals surface area contributed by atoms with Crippen LogP contribution in [0.5, 0.6) is 5.75 Å². The standard InChI is InChI=1S/C17H22O3/c1-16(2)17(3,4)20-15(19-16)11-12-7-8-14-13(10-12)6-5-9-18-14/h7-8,10-11H,5-6,9H2,1-4H3. The lowest BCUT2D eigenvalue weighted by atomic mass is 9.90. The van der Waals surface area contributed by atoms with Crippen LogP contribution in [0.3, 0.4) is 0 Å². The molecule has 2 aliphatic heterocycles. The second-order valence-corrected chi connectivity index (χ2v) is 6.51. The maximum absolute atomic E-state index is 5.92. The molecule has 0 amide bonds. The van der Waals surface area contributed by atoms with Gasteiger partial charge in [-0.1, -0.05) is 6.07 Å². The molecule has 0 spiro atoms. The van der Waals surface area contributed by atoms with Gasteiger partial charge in [-0.15, -0.1) is 0 Å².